The molecule has 0 N–H and O–H groups in total. The summed E-state index contributed by atoms with van der Waals surface area (Å²) in [6.07, 6.45) is 1.72. The normalized spacial score (nSPS) is 15.4. The molecular formula is C18H16O4S. The first-order chi connectivity index (χ1) is 10.8. The number of fused-ring (bicyclic) bond motifs is 1. The largest absolute Gasteiger partial charge is 0.452 e. The zero-order valence-electron chi connectivity index (χ0n) is 13.1. The molecule has 2 heterocycles. The van der Waals surface area contributed by atoms with E-state index in [0.29, 0.717) is 17.1 Å². The maximum atomic E-state index is 12.3. The van der Waals surface area contributed by atoms with Gasteiger partial charge < -0.3 is 9.47 Å². The van der Waals surface area contributed by atoms with Crippen molar-refractivity contribution >= 4 is 29.2 Å². The maximum absolute atomic E-state index is 12.3. The van der Waals surface area contributed by atoms with E-state index in [1.54, 1.807) is 45.0 Å². The average molecular weight is 328 g/mol. The Labute approximate surface area is 138 Å². The van der Waals surface area contributed by atoms with Gasteiger partial charge in [-0.2, -0.15) is 0 Å². The van der Waals surface area contributed by atoms with Gasteiger partial charge >= 0.3 is 5.97 Å². The van der Waals surface area contributed by atoms with Gasteiger partial charge in [-0.25, -0.2) is 0 Å². The molecule has 0 unspecified atom stereocenters. The van der Waals surface area contributed by atoms with Gasteiger partial charge in [-0.05, 0) is 44.4 Å². The van der Waals surface area contributed by atoms with Gasteiger partial charge in [-0.3, -0.25) is 9.59 Å². The average Bonchev–Trinajstić information content (AvgIpc) is 3.07. The molecule has 3 rings (SSSR count). The lowest BCUT2D eigenvalue weighted by atomic mass is 9.97. The zero-order chi connectivity index (χ0) is 16.6. The minimum Gasteiger partial charge on any atom is -0.452 e. The van der Waals surface area contributed by atoms with E-state index in [0.717, 1.165) is 4.88 Å². The summed E-state index contributed by atoms with van der Waals surface area (Å²) in [5.41, 5.74) is -0.122. The van der Waals surface area contributed by atoms with Crippen LogP contribution in [0, 0.1) is 5.41 Å². The highest BCUT2D eigenvalue weighted by Crippen LogP contribution is 2.35. The lowest BCUT2D eigenvalue weighted by molar-refractivity contribution is -0.142. The van der Waals surface area contributed by atoms with Crippen molar-refractivity contribution in [1.82, 2.24) is 0 Å². The predicted molar refractivity (Wildman–Crippen MR) is 88.8 cm³/mol. The van der Waals surface area contributed by atoms with Crippen LogP contribution in [0.3, 0.4) is 0 Å². The summed E-state index contributed by atoms with van der Waals surface area (Å²) in [5.74, 6) is 0.561. The van der Waals surface area contributed by atoms with E-state index >= 15 is 0 Å². The highest BCUT2D eigenvalue weighted by atomic mass is 32.1. The third-order valence-electron chi connectivity index (χ3n) is 3.28. The van der Waals surface area contributed by atoms with Crippen LogP contribution in [0.1, 0.15) is 36.0 Å². The molecule has 1 aromatic carbocycles. The van der Waals surface area contributed by atoms with Crippen molar-refractivity contribution in [2.75, 3.05) is 0 Å². The first-order valence-corrected chi connectivity index (χ1v) is 8.06. The van der Waals surface area contributed by atoms with Gasteiger partial charge in [0, 0.05) is 17.0 Å². The van der Waals surface area contributed by atoms with Crippen LogP contribution in [0.25, 0.3) is 6.08 Å². The van der Waals surface area contributed by atoms with Crippen molar-refractivity contribution < 1.29 is 19.1 Å². The third kappa shape index (κ3) is 3.19. The zero-order valence-corrected chi connectivity index (χ0v) is 13.9. The number of ketones is 1. The second-order valence-electron chi connectivity index (χ2n) is 6.25. The number of hydrogen-bond acceptors (Lipinski definition) is 5. The number of ether oxygens (including phenoxy) is 2. The highest BCUT2D eigenvalue weighted by Gasteiger charge is 2.29. The number of rotatable bonds is 2. The van der Waals surface area contributed by atoms with E-state index in [9.17, 15) is 9.59 Å². The van der Waals surface area contributed by atoms with Crippen molar-refractivity contribution in [3.8, 4) is 11.5 Å². The number of Topliss-reactive ketones (excluding diaryl/α,β-unsaturated/α-hetero) is 1. The van der Waals surface area contributed by atoms with E-state index in [1.165, 1.54) is 11.3 Å². The van der Waals surface area contributed by atoms with Crippen LogP contribution in [-0.4, -0.2) is 11.8 Å². The van der Waals surface area contributed by atoms with Crippen LogP contribution in [-0.2, 0) is 4.79 Å². The molecule has 0 radical (unpaired) electrons. The molecule has 0 saturated carbocycles. The monoisotopic (exact) mass is 328 g/mol. The van der Waals surface area contributed by atoms with E-state index < -0.39 is 5.41 Å². The molecule has 5 heteroatoms. The van der Waals surface area contributed by atoms with Crippen LogP contribution in [0.4, 0.5) is 0 Å². The summed E-state index contributed by atoms with van der Waals surface area (Å²) >= 11 is 1.53. The van der Waals surface area contributed by atoms with E-state index in [4.69, 9.17) is 9.47 Å². The van der Waals surface area contributed by atoms with Crippen molar-refractivity contribution in [1.29, 1.82) is 0 Å². The van der Waals surface area contributed by atoms with Gasteiger partial charge in [0.15, 0.2) is 5.76 Å². The van der Waals surface area contributed by atoms with E-state index in [2.05, 4.69) is 0 Å². The minimum atomic E-state index is -0.597. The summed E-state index contributed by atoms with van der Waals surface area (Å²) in [6.45, 7) is 5.35. The summed E-state index contributed by atoms with van der Waals surface area (Å²) in [6, 6.07) is 8.63. The Morgan fingerprint density at radius 1 is 1.26 bits per heavy atom. The molecular weight excluding hydrogens is 312 g/mol. The van der Waals surface area contributed by atoms with Crippen LogP contribution in [0.15, 0.2) is 41.5 Å². The standard InChI is InChI=1S/C18H16O4S/c1-18(2,3)17(20)21-11-6-7-13-14(9-11)22-15(16(13)19)10-12-5-4-8-23-12/h4-10H,1-3H3. The Bertz CT molecular complexity index is 795. The van der Waals surface area contributed by atoms with Crippen molar-refractivity contribution in [2.24, 2.45) is 5.41 Å². The third-order valence-corrected chi connectivity index (χ3v) is 4.10. The van der Waals surface area contributed by atoms with Gasteiger partial charge in [0.2, 0.25) is 5.78 Å². The summed E-state index contributed by atoms with van der Waals surface area (Å²) in [4.78, 5) is 25.2. The van der Waals surface area contributed by atoms with Crippen molar-refractivity contribution in [2.45, 2.75) is 20.8 Å². The fourth-order valence-corrected chi connectivity index (χ4v) is 2.64. The molecule has 0 spiro atoms. The Morgan fingerprint density at radius 2 is 2.04 bits per heavy atom. The lowest BCUT2D eigenvalue weighted by Gasteiger charge is -2.16. The van der Waals surface area contributed by atoms with Gasteiger partial charge in [0.05, 0.1) is 11.0 Å². The van der Waals surface area contributed by atoms with E-state index in [-0.39, 0.29) is 17.5 Å². The molecule has 1 aliphatic rings. The Balaban J connectivity index is 1.84. The van der Waals surface area contributed by atoms with Gasteiger partial charge in [0.1, 0.15) is 11.5 Å². The maximum Gasteiger partial charge on any atom is 0.316 e. The number of hydrogen-bond donors (Lipinski definition) is 0. The molecule has 2 aromatic rings. The number of benzene rings is 1. The summed E-state index contributed by atoms with van der Waals surface area (Å²) in [7, 11) is 0. The van der Waals surface area contributed by atoms with Crippen molar-refractivity contribution in [3.63, 3.8) is 0 Å². The Kier molecular flexibility index (Phi) is 3.82. The minimum absolute atomic E-state index is 0.165. The fourth-order valence-electron chi connectivity index (χ4n) is 1.99. The molecule has 1 aromatic heterocycles. The SMILES string of the molecule is CC(C)(C)C(=O)Oc1ccc2c(c1)OC(=Cc1cccs1)C2=O. The first kappa shape index (κ1) is 15.5. The molecule has 0 amide bonds. The number of carbonyl (C=O) groups excluding carboxylic acids is 2. The topological polar surface area (TPSA) is 52.6 Å². The summed E-state index contributed by atoms with van der Waals surface area (Å²) < 4.78 is 11.0. The highest BCUT2D eigenvalue weighted by molar-refractivity contribution is 7.10. The molecule has 23 heavy (non-hydrogen) atoms. The fraction of sp³-hybridized carbons (Fsp3) is 0.222. The lowest BCUT2D eigenvalue weighted by Crippen LogP contribution is -2.25. The quantitative estimate of drug-likeness (QED) is 0.468. The van der Waals surface area contributed by atoms with Crippen LogP contribution < -0.4 is 9.47 Å². The first-order valence-electron chi connectivity index (χ1n) is 7.19. The van der Waals surface area contributed by atoms with Crippen LogP contribution >= 0.6 is 11.3 Å². The van der Waals surface area contributed by atoms with Crippen molar-refractivity contribution in [3.05, 3.63) is 51.9 Å². The Morgan fingerprint density at radius 3 is 2.70 bits per heavy atom. The van der Waals surface area contributed by atoms with E-state index in [1.807, 2.05) is 17.5 Å². The Hall–Kier alpha value is -2.40. The number of thiophene rings is 1. The molecule has 0 atom stereocenters. The smallest absolute Gasteiger partial charge is 0.316 e. The van der Waals surface area contributed by atoms with Gasteiger partial charge in [-0.1, -0.05) is 6.07 Å². The molecule has 0 fully saturated rings. The van der Waals surface area contributed by atoms with Crippen LogP contribution in [0.5, 0.6) is 11.5 Å². The van der Waals surface area contributed by atoms with Gasteiger partial charge in [0.25, 0.3) is 0 Å². The molecule has 0 saturated heterocycles. The number of esters is 1. The molecule has 0 bridgehead atoms. The molecule has 1 aliphatic heterocycles. The molecule has 0 aliphatic carbocycles. The van der Waals surface area contributed by atoms with Crippen LogP contribution in [0.2, 0.25) is 0 Å². The summed E-state index contributed by atoms with van der Waals surface area (Å²) in [5, 5.41) is 1.93. The second kappa shape index (κ2) is 5.66. The molecule has 4 nitrogen and oxygen atoms in total. The van der Waals surface area contributed by atoms with Gasteiger partial charge in [-0.15, -0.1) is 11.3 Å². The second-order valence-corrected chi connectivity index (χ2v) is 7.23. The molecule has 118 valence electrons. The number of allylic oxidation sites excluding steroid dienone is 1. The number of carbonyl (C=O) groups is 2. The predicted octanol–water partition coefficient (Wildman–Crippen LogP) is 4.32.